The van der Waals surface area contributed by atoms with Gasteiger partial charge in [-0.1, -0.05) is 24.3 Å². The smallest absolute Gasteiger partial charge is 0.411 e. The van der Waals surface area contributed by atoms with Crippen molar-refractivity contribution in [1.82, 2.24) is 5.32 Å². The zero-order chi connectivity index (χ0) is 20.6. The van der Waals surface area contributed by atoms with Crippen LogP contribution in [0.3, 0.4) is 0 Å². The third kappa shape index (κ3) is 5.72. The van der Waals surface area contributed by atoms with Gasteiger partial charge in [0.25, 0.3) is 0 Å². The maximum absolute atomic E-state index is 13.2. The number of nitrogens with zero attached hydrogens (tertiary/aromatic N) is 1. The largest absolute Gasteiger partial charge is 0.450 e. The molecule has 0 saturated carbocycles. The number of ether oxygens (including phenoxy) is 1. The molecule has 0 spiro atoms. The van der Waals surface area contributed by atoms with E-state index in [-0.39, 0.29) is 31.5 Å². The second kappa shape index (κ2) is 11.5. The quantitative estimate of drug-likeness (QED) is 0.582. The Labute approximate surface area is 182 Å². The van der Waals surface area contributed by atoms with Crippen molar-refractivity contribution in [3.63, 3.8) is 0 Å². The first-order chi connectivity index (χ1) is 14.1. The summed E-state index contributed by atoms with van der Waals surface area (Å²) in [6.07, 6.45) is 1.41. The van der Waals surface area contributed by atoms with Gasteiger partial charge in [-0.15, -0.1) is 12.4 Å². The van der Waals surface area contributed by atoms with Crippen LogP contribution in [0.15, 0.2) is 42.5 Å². The van der Waals surface area contributed by atoms with Gasteiger partial charge in [0.1, 0.15) is 0 Å². The lowest BCUT2D eigenvalue weighted by Gasteiger charge is -2.26. The molecule has 0 saturated heterocycles. The first kappa shape index (κ1) is 23.7. The maximum atomic E-state index is 13.2. The molecule has 3 rings (SSSR count). The number of aliphatic hydroxyl groups is 1. The van der Waals surface area contributed by atoms with E-state index in [1.807, 2.05) is 42.5 Å². The standard InChI is InChI=1S/C22H27N3O4.ClH/c1-2-29-22(28)24-18-10-9-17-8-7-16-5-3-4-6-19(16)25(20(17)15-18)21(27)11-12-23-13-14-26;/h3-6,9-10,15,23,26H,2,7-8,11-14H2,1H3,(H,24,28);1H. The fourth-order valence-electron chi connectivity index (χ4n) is 3.47. The van der Waals surface area contributed by atoms with Crippen LogP contribution in [0.5, 0.6) is 0 Å². The van der Waals surface area contributed by atoms with Crippen molar-refractivity contribution < 1.29 is 19.4 Å². The molecule has 0 bridgehead atoms. The fourth-order valence-corrected chi connectivity index (χ4v) is 3.47. The number of nitrogens with one attached hydrogen (secondary N) is 2. The molecular formula is C22H28ClN3O4. The number of hydrogen-bond donors (Lipinski definition) is 3. The minimum absolute atomic E-state index is 0. The number of benzene rings is 2. The van der Waals surface area contributed by atoms with Crippen LogP contribution in [0.1, 0.15) is 24.5 Å². The highest BCUT2D eigenvalue weighted by Gasteiger charge is 2.26. The summed E-state index contributed by atoms with van der Waals surface area (Å²) in [6, 6.07) is 13.5. The van der Waals surface area contributed by atoms with E-state index in [2.05, 4.69) is 10.6 Å². The molecule has 2 amide bonds. The Hall–Kier alpha value is -2.61. The molecule has 1 aliphatic rings. The lowest BCUT2D eigenvalue weighted by atomic mass is 10.0. The first-order valence-electron chi connectivity index (χ1n) is 9.93. The molecule has 0 fully saturated rings. The van der Waals surface area contributed by atoms with Crippen molar-refractivity contribution >= 4 is 41.5 Å². The SMILES string of the molecule is CCOC(=O)Nc1ccc2c(c1)N(C(=O)CCNCCO)c1ccccc1CC2.Cl. The van der Waals surface area contributed by atoms with Gasteiger partial charge in [-0.05, 0) is 49.1 Å². The summed E-state index contributed by atoms with van der Waals surface area (Å²) in [5.74, 6) is -0.0423. The van der Waals surface area contributed by atoms with Crippen molar-refractivity contribution in [1.29, 1.82) is 0 Å². The predicted octanol–water partition coefficient (Wildman–Crippen LogP) is 3.41. The first-order valence-corrected chi connectivity index (χ1v) is 9.93. The summed E-state index contributed by atoms with van der Waals surface area (Å²) < 4.78 is 4.96. The second-order valence-electron chi connectivity index (χ2n) is 6.77. The molecule has 30 heavy (non-hydrogen) atoms. The van der Waals surface area contributed by atoms with E-state index in [4.69, 9.17) is 9.84 Å². The van der Waals surface area contributed by atoms with Crippen LogP contribution in [0.25, 0.3) is 0 Å². The third-order valence-corrected chi connectivity index (χ3v) is 4.80. The molecule has 2 aromatic rings. The molecule has 1 aliphatic heterocycles. The van der Waals surface area contributed by atoms with Crippen molar-refractivity contribution in [3.8, 4) is 0 Å². The number of halogens is 1. The number of fused-ring (bicyclic) bond motifs is 2. The summed E-state index contributed by atoms with van der Waals surface area (Å²) in [5, 5.41) is 14.7. The van der Waals surface area contributed by atoms with Gasteiger partial charge in [-0.2, -0.15) is 0 Å². The monoisotopic (exact) mass is 433 g/mol. The fraction of sp³-hybridized carbons (Fsp3) is 0.364. The Balaban J connectivity index is 0.00000320. The second-order valence-corrected chi connectivity index (χ2v) is 6.77. The van der Waals surface area contributed by atoms with E-state index in [1.54, 1.807) is 11.8 Å². The molecular weight excluding hydrogens is 406 g/mol. The van der Waals surface area contributed by atoms with Gasteiger partial charge in [0.15, 0.2) is 0 Å². The van der Waals surface area contributed by atoms with Gasteiger partial charge >= 0.3 is 6.09 Å². The predicted molar refractivity (Wildman–Crippen MR) is 120 cm³/mol. The van der Waals surface area contributed by atoms with E-state index >= 15 is 0 Å². The van der Waals surface area contributed by atoms with Crippen molar-refractivity contribution in [2.45, 2.75) is 26.2 Å². The lowest BCUT2D eigenvalue weighted by molar-refractivity contribution is -0.117. The molecule has 0 radical (unpaired) electrons. The maximum Gasteiger partial charge on any atom is 0.411 e. The number of carbonyl (C=O) groups is 2. The van der Waals surface area contributed by atoms with Gasteiger partial charge in [0.2, 0.25) is 5.91 Å². The Morgan fingerprint density at radius 1 is 1.07 bits per heavy atom. The van der Waals surface area contributed by atoms with Gasteiger partial charge < -0.3 is 15.2 Å². The molecule has 2 aromatic carbocycles. The lowest BCUT2D eigenvalue weighted by Crippen LogP contribution is -2.31. The van der Waals surface area contributed by atoms with Crippen LogP contribution in [0.2, 0.25) is 0 Å². The number of para-hydroxylation sites is 1. The Morgan fingerprint density at radius 3 is 2.53 bits per heavy atom. The van der Waals surface area contributed by atoms with Crippen molar-refractivity contribution in [3.05, 3.63) is 53.6 Å². The van der Waals surface area contributed by atoms with Gasteiger partial charge in [0.05, 0.1) is 24.6 Å². The van der Waals surface area contributed by atoms with E-state index in [9.17, 15) is 9.59 Å². The molecule has 0 atom stereocenters. The molecule has 162 valence electrons. The van der Waals surface area contributed by atoms with Crippen LogP contribution < -0.4 is 15.5 Å². The average Bonchev–Trinajstić information content (AvgIpc) is 2.88. The van der Waals surface area contributed by atoms with E-state index < -0.39 is 6.09 Å². The highest BCUT2D eigenvalue weighted by molar-refractivity contribution is 6.03. The third-order valence-electron chi connectivity index (χ3n) is 4.80. The van der Waals surface area contributed by atoms with Crippen molar-refractivity contribution in [2.75, 3.05) is 36.5 Å². The Bertz CT molecular complexity index is 875. The Kier molecular flexibility index (Phi) is 9.11. The average molecular weight is 434 g/mol. The molecule has 0 aromatic heterocycles. The van der Waals surface area contributed by atoms with E-state index in [0.717, 1.165) is 35.3 Å². The van der Waals surface area contributed by atoms with E-state index in [1.165, 1.54) is 0 Å². The molecule has 0 aliphatic carbocycles. The number of rotatable bonds is 7. The van der Waals surface area contributed by atoms with Crippen LogP contribution in [0.4, 0.5) is 21.9 Å². The van der Waals surface area contributed by atoms with E-state index in [0.29, 0.717) is 25.2 Å². The normalized spacial score (nSPS) is 12.1. The summed E-state index contributed by atoms with van der Waals surface area (Å²) in [7, 11) is 0. The van der Waals surface area contributed by atoms with Crippen LogP contribution in [0, 0.1) is 0 Å². The number of aryl methyl sites for hydroxylation is 2. The number of aliphatic hydroxyl groups excluding tert-OH is 1. The van der Waals surface area contributed by atoms with Gasteiger partial charge in [-0.25, -0.2) is 4.79 Å². The van der Waals surface area contributed by atoms with Crippen molar-refractivity contribution in [2.24, 2.45) is 0 Å². The topological polar surface area (TPSA) is 90.9 Å². The summed E-state index contributed by atoms with van der Waals surface area (Å²) in [6.45, 7) is 3.00. The van der Waals surface area contributed by atoms with Crippen LogP contribution in [-0.4, -0.2) is 43.4 Å². The van der Waals surface area contributed by atoms with Gasteiger partial charge in [0, 0.05) is 25.2 Å². The van der Waals surface area contributed by atoms with Gasteiger partial charge in [-0.3, -0.25) is 15.0 Å². The highest BCUT2D eigenvalue weighted by Crippen LogP contribution is 2.38. The molecule has 8 heteroatoms. The minimum atomic E-state index is -0.521. The van der Waals surface area contributed by atoms with Crippen LogP contribution in [-0.2, 0) is 22.4 Å². The molecule has 1 heterocycles. The zero-order valence-electron chi connectivity index (χ0n) is 17.0. The number of amides is 2. The summed E-state index contributed by atoms with van der Waals surface area (Å²) in [5.41, 5.74) is 4.38. The van der Waals surface area contributed by atoms with Crippen LogP contribution >= 0.6 is 12.4 Å². The number of carbonyl (C=O) groups excluding carboxylic acids is 2. The summed E-state index contributed by atoms with van der Waals surface area (Å²) in [4.78, 5) is 26.8. The number of anilines is 3. The Morgan fingerprint density at radius 2 is 1.80 bits per heavy atom. The highest BCUT2D eigenvalue weighted by atomic mass is 35.5. The zero-order valence-corrected chi connectivity index (χ0v) is 17.8. The molecule has 0 unspecified atom stereocenters. The molecule has 7 nitrogen and oxygen atoms in total. The number of hydrogen-bond acceptors (Lipinski definition) is 5. The summed E-state index contributed by atoms with van der Waals surface area (Å²) >= 11 is 0. The minimum Gasteiger partial charge on any atom is -0.450 e. The molecule has 3 N–H and O–H groups in total.